The molecular formula is C19H25N3O2S. The van der Waals surface area contributed by atoms with Crippen LogP contribution >= 0.6 is 11.3 Å². The van der Waals surface area contributed by atoms with E-state index in [-0.39, 0.29) is 11.8 Å². The van der Waals surface area contributed by atoms with Gasteiger partial charge in [-0.2, -0.15) is 0 Å². The Morgan fingerprint density at radius 2 is 1.84 bits per heavy atom. The molecule has 0 aliphatic carbocycles. The van der Waals surface area contributed by atoms with E-state index in [1.165, 1.54) is 16.9 Å². The summed E-state index contributed by atoms with van der Waals surface area (Å²) in [6.07, 6.45) is 1.20. The number of carbonyl (C=O) groups is 2. The Kier molecular flexibility index (Phi) is 8.15. The van der Waals surface area contributed by atoms with E-state index in [1.807, 2.05) is 29.6 Å². The maximum Gasteiger partial charge on any atom is 0.261 e. The van der Waals surface area contributed by atoms with E-state index in [0.29, 0.717) is 24.4 Å². The number of benzene rings is 1. The minimum absolute atomic E-state index is 0.0304. The summed E-state index contributed by atoms with van der Waals surface area (Å²) in [5, 5.41) is 7.51. The van der Waals surface area contributed by atoms with Crippen LogP contribution in [0.5, 0.6) is 0 Å². The lowest BCUT2D eigenvalue weighted by Crippen LogP contribution is -2.32. The van der Waals surface area contributed by atoms with Gasteiger partial charge in [0, 0.05) is 26.1 Å². The van der Waals surface area contributed by atoms with Crippen molar-refractivity contribution in [1.29, 1.82) is 0 Å². The van der Waals surface area contributed by atoms with E-state index < -0.39 is 0 Å². The minimum atomic E-state index is -0.120. The molecule has 1 aromatic carbocycles. The van der Waals surface area contributed by atoms with Crippen LogP contribution in [0.3, 0.4) is 0 Å². The van der Waals surface area contributed by atoms with Gasteiger partial charge in [0.1, 0.15) is 0 Å². The maximum atomic E-state index is 11.8. The van der Waals surface area contributed by atoms with Crippen LogP contribution in [0.4, 0.5) is 0 Å². The minimum Gasteiger partial charge on any atom is -0.356 e. The molecule has 2 rings (SSSR count). The van der Waals surface area contributed by atoms with Gasteiger partial charge in [-0.25, -0.2) is 0 Å². The third kappa shape index (κ3) is 7.49. The molecule has 134 valence electrons. The Balaban J connectivity index is 1.51. The van der Waals surface area contributed by atoms with Crippen molar-refractivity contribution >= 4 is 23.2 Å². The summed E-state index contributed by atoms with van der Waals surface area (Å²) in [4.78, 5) is 26.4. The number of thiophene rings is 1. The van der Waals surface area contributed by atoms with E-state index in [1.54, 1.807) is 6.07 Å². The highest BCUT2D eigenvalue weighted by Gasteiger charge is 2.07. The van der Waals surface area contributed by atoms with Crippen molar-refractivity contribution in [1.82, 2.24) is 15.5 Å². The lowest BCUT2D eigenvalue weighted by molar-refractivity contribution is -0.120. The maximum absolute atomic E-state index is 11.8. The van der Waals surface area contributed by atoms with E-state index >= 15 is 0 Å². The molecule has 0 bridgehead atoms. The topological polar surface area (TPSA) is 61.4 Å². The van der Waals surface area contributed by atoms with Crippen LogP contribution in [0.25, 0.3) is 0 Å². The van der Waals surface area contributed by atoms with Crippen molar-refractivity contribution in [2.75, 3.05) is 26.7 Å². The summed E-state index contributed by atoms with van der Waals surface area (Å²) < 4.78 is 0. The predicted molar refractivity (Wildman–Crippen MR) is 102 cm³/mol. The summed E-state index contributed by atoms with van der Waals surface area (Å²) in [7, 11) is 2.08. The Morgan fingerprint density at radius 1 is 1.04 bits per heavy atom. The highest BCUT2D eigenvalue weighted by atomic mass is 32.1. The molecule has 0 spiro atoms. The fourth-order valence-corrected chi connectivity index (χ4v) is 3.06. The van der Waals surface area contributed by atoms with Gasteiger partial charge < -0.3 is 15.5 Å². The molecule has 0 radical (unpaired) electrons. The third-order valence-electron chi connectivity index (χ3n) is 3.72. The van der Waals surface area contributed by atoms with E-state index in [9.17, 15) is 9.59 Å². The Labute approximate surface area is 153 Å². The lowest BCUT2D eigenvalue weighted by atomic mass is 10.2. The molecule has 0 fully saturated rings. The molecule has 0 aliphatic rings. The molecule has 6 heteroatoms. The van der Waals surface area contributed by atoms with Crippen molar-refractivity contribution in [3.8, 4) is 0 Å². The largest absolute Gasteiger partial charge is 0.356 e. The summed E-state index contributed by atoms with van der Waals surface area (Å²) >= 11 is 1.39. The van der Waals surface area contributed by atoms with Crippen LogP contribution < -0.4 is 10.6 Å². The number of nitrogens with zero attached hydrogens (tertiary/aromatic N) is 1. The van der Waals surface area contributed by atoms with Gasteiger partial charge in [-0.3, -0.25) is 9.59 Å². The van der Waals surface area contributed by atoms with E-state index in [0.717, 1.165) is 19.5 Å². The quantitative estimate of drug-likeness (QED) is 0.641. The van der Waals surface area contributed by atoms with Crippen LogP contribution in [-0.2, 0) is 11.3 Å². The number of hydrogen-bond donors (Lipinski definition) is 2. The molecular weight excluding hydrogens is 334 g/mol. The molecule has 5 nitrogen and oxygen atoms in total. The second kappa shape index (κ2) is 10.6. The highest BCUT2D eigenvalue weighted by Crippen LogP contribution is 2.07. The van der Waals surface area contributed by atoms with Gasteiger partial charge in [-0.05, 0) is 37.0 Å². The highest BCUT2D eigenvalue weighted by molar-refractivity contribution is 7.12. The average molecular weight is 359 g/mol. The first-order valence-corrected chi connectivity index (χ1v) is 9.34. The normalized spacial score (nSPS) is 10.6. The summed E-state index contributed by atoms with van der Waals surface area (Å²) in [5.41, 5.74) is 1.29. The zero-order chi connectivity index (χ0) is 17.9. The summed E-state index contributed by atoms with van der Waals surface area (Å²) in [6.45, 7) is 2.83. The predicted octanol–water partition coefficient (Wildman–Crippen LogP) is 2.51. The fourth-order valence-electron chi connectivity index (χ4n) is 2.42. The number of carbonyl (C=O) groups excluding carboxylic acids is 2. The number of rotatable bonds is 10. The van der Waals surface area contributed by atoms with Gasteiger partial charge in [0.2, 0.25) is 5.91 Å². The molecule has 1 heterocycles. The van der Waals surface area contributed by atoms with Crippen molar-refractivity contribution < 1.29 is 9.59 Å². The van der Waals surface area contributed by atoms with E-state index in [2.05, 4.69) is 34.7 Å². The molecule has 0 aliphatic heterocycles. The van der Waals surface area contributed by atoms with E-state index in [4.69, 9.17) is 0 Å². The van der Waals surface area contributed by atoms with Crippen LogP contribution in [0.15, 0.2) is 47.8 Å². The number of hydrogen-bond acceptors (Lipinski definition) is 4. The van der Waals surface area contributed by atoms with Gasteiger partial charge >= 0.3 is 0 Å². The third-order valence-corrected chi connectivity index (χ3v) is 4.59. The Hall–Kier alpha value is -2.18. The van der Waals surface area contributed by atoms with Gasteiger partial charge in [0.05, 0.1) is 4.88 Å². The van der Waals surface area contributed by atoms with Crippen molar-refractivity contribution in [3.63, 3.8) is 0 Å². The van der Waals surface area contributed by atoms with Crippen LogP contribution in [0, 0.1) is 0 Å². The van der Waals surface area contributed by atoms with Gasteiger partial charge in [0.25, 0.3) is 5.91 Å². The molecule has 2 amide bonds. The average Bonchev–Trinajstić information content (AvgIpc) is 3.14. The summed E-state index contributed by atoms with van der Waals surface area (Å²) in [6, 6.07) is 13.9. The first-order chi connectivity index (χ1) is 12.1. The van der Waals surface area contributed by atoms with Crippen molar-refractivity contribution in [3.05, 3.63) is 58.3 Å². The Bertz CT molecular complexity index is 644. The fraction of sp³-hybridized carbons (Fsp3) is 0.368. The second-order valence-electron chi connectivity index (χ2n) is 5.91. The zero-order valence-corrected chi connectivity index (χ0v) is 15.3. The first-order valence-electron chi connectivity index (χ1n) is 8.46. The lowest BCUT2D eigenvalue weighted by Gasteiger charge is -2.16. The summed E-state index contributed by atoms with van der Waals surface area (Å²) in [5.74, 6) is -0.150. The monoisotopic (exact) mass is 359 g/mol. The molecule has 25 heavy (non-hydrogen) atoms. The smallest absolute Gasteiger partial charge is 0.261 e. The van der Waals surface area contributed by atoms with Crippen molar-refractivity contribution in [2.45, 2.75) is 19.4 Å². The second-order valence-corrected chi connectivity index (χ2v) is 6.86. The molecule has 0 atom stereocenters. The molecule has 0 unspecified atom stereocenters. The van der Waals surface area contributed by atoms with Crippen LogP contribution in [0.2, 0.25) is 0 Å². The molecule has 1 aromatic heterocycles. The number of nitrogens with one attached hydrogen (secondary N) is 2. The van der Waals surface area contributed by atoms with Crippen LogP contribution in [-0.4, -0.2) is 43.4 Å². The molecule has 0 saturated heterocycles. The standard InChI is InChI=1S/C19H25N3O2S/c1-22(15-16-7-3-2-4-8-16)13-6-11-20-18(23)10-12-21-19(24)17-9-5-14-25-17/h2-5,7-9,14H,6,10-13,15H2,1H3,(H,20,23)(H,21,24). The molecule has 0 saturated carbocycles. The number of amides is 2. The van der Waals surface area contributed by atoms with Gasteiger partial charge in [0.15, 0.2) is 0 Å². The molecule has 2 N–H and O–H groups in total. The molecule has 2 aromatic rings. The van der Waals surface area contributed by atoms with Gasteiger partial charge in [-0.15, -0.1) is 11.3 Å². The first kappa shape index (κ1) is 19.1. The zero-order valence-electron chi connectivity index (χ0n) is 14.5. The van der Waals surface area contributed by atoms with Crippen molar-refractivity contribution in [2.24, 2.45) is 0 Å². The van der Waals surface area contributed by atoms with Gasteiger partial charge in [-0.1, -0.05) is 36.4 Å². The Morgan fingerprint density at radius 3 is 2.56 bits per heavy atom. The SMILES string of the molecule is CN(CCCNC(=O)CCNC(=O)c1cccs1)Cc1ccccc1. The van der Waals surface area contributed by atoms with Crippen LogP contribution in [0.1, 0.15) is 28.1 Å².